The molecule has 0 aromatic heterocycles. The zero-order valence-electron chi connectivity index (χ0n) is 12.2. The topological polar surface area (TPSA) is 27.0 Å². The van der Waals surface area contributed by atoms with Crippen molar-refractivity contribution in [2.75, 3.05) is 13.1 Å². The minimum Gasteiger partial charge on any atom is -0.298 e. The van der Waals surface area contributed by atoms with Crippen LogP contribution in [0.4, 0.5) is 0 Å². The van der Waals surface area contributed by atoms with E-state index in [1.54, 1.807) is 0 Å². The number of rotatable bonds is 1. The summed E-state index contributed by atoms with van der Waals surface area (Å²) >= 11 is 0. The van der Waals surface area contributed by atoms with Crippen molar-refractivity contribution in [3.05, 3.63) is 35.4 Å². The first-order valence-corrected chi connectivity index (χ1v) is 8.09. The van der Waals surface area contributed by atoms with E-state index in [0.29, 0.717) is 6.04 Å². The fourth-order valence-corrected chi connectivity index (χ4v) is 3.89. The van der Waals surface area contributed by atoms with Crippen LogP contribution >= 0.6 is 0 Å². The summed E-state index contributed by atoms with van der Waals surface area (Å²) in [5, 5.41) is 9.48. The van der Waals surface area contributed by atoms with Crippen LogP contribution in [-0.4, -0.2) is 24.0 Å². The van der Waals surface area contributed by atoms with Crippen molar-refractivity contribution in [3.63, 3.8) is 0 Å². The van der Waals surface area contributed by atoms with Crippen LogP contribution in [0.2, 0.25) is 0 Å². The van der Waals surface area contributed by atoms with Gasteiger partial charge in [-0.2, -0.15) is 5.26 Å². The van der Waals surface area contributed by atoms with Crippen LogP contribution < -0.4 is 0 Å². The van der Waals surface area contributed by atoms with E-state index >= 15 is 0 Å². The molecule has 1 saturated carbocycles. The average molecular weight is 268 g/mol. The highest BCUT2D eigenvalue weighted by Gasteiger charge is 2.29. The summed E-state index contributed by atoms with van der Waals surface area (Å²) in [5.41, 5.74) is 3.02. The molecule has 1 fully saturated rings. The number of benzene rings is 1. The van der Waals surface area contributed by atoms with E-state index in [2.05, 4.69) is 35.2 Å². The molecule has 2 atom stereocenters. The quantitative estimate of drug-likeness (QED) is 0.728. The zero-order valence-corrected chi connectivity index (χ0v) is 12.2. The molecule has 3 rings (SSSR count). The van der Waals surface area contributed by atoms with Crippen LogP contribution in [0, 0.1) is 17.2 Å². The zero-order chi connectivity index (χ0) is 13.8. The lowest BCUT2D eigenvalue weighted by atomic mass is 9.94. The van der Waals surface area contributed by atoms with Crippen molar-refractivity contribution in [1.29, 1.82) is 5.26 Å². The Morgan fingerprint density at radius 1 is 0.950 bits per heavy atom. The van der Waals surface area contributed by atoms with Gasteiger partial charge in [0.25, 0.3) is 0 Å². The van der Waals surface area contributed by atoms with E-state index in [0.717, 1.165) is 32.4 Å². The van der Waals surface area contributed by atoms with Gasteiger partial charge in [0.05, 0.1) is 12.0 Å². The van der Waals surface area contributed by atoms with Gasteiger partial charge in [0.1, 0.15) is 0 Å². The van der Waals surface area contributed by atoms with Crippen LogP contribution in [0.1, 0.15) is 43.2 Å². The molecule has 1 aliphatic carbocycles. The summed E-state index contributed by atoms with van der Waals surface area (Å²) in [6.45, 7) is 2.25. The summed E-state index contributed by atoms with van der Waals surface area (Å²) < 4.78 is 0. The lowest BCUT2D eigenvalue weighted by molar-refractivity contribution is 0.160. The number of fused-ring (bicyclic) bond motifs is 1. The van der Waals surface area contributed by atoms with E-state index in [1.807, 2.05) is 0 Å². The molecule has 1 aromatic carbocycles. The minimum absolute atomic E-state index is 0.249. The average Bonchev–Trinajstić information content (AvgIpc) is 2.85. The molecule has 2 unspecified atom stereocenters. The Labute approximate surface area is 122 Å². The van der Waals surface area contributed by atoms with Crippen molar-refractivity contribution in [2.24, 2.45) is 5.92 Å². The first kappa shape index (κ1) is 13.6. The van der Waals surface area contributed by atoms with E-state index in [9.17, 15) is 5.26 Å². The molecule has 0 spiro atoms. The van der Waals surface area contributed by atoms with Gasteiger partial charge in [0.15, 0.2) is 0 Å². The highest BCUT2D eigenvalue weighted by molar-refractivity contribution is 5.28. The summed E-state index contributed by atoms with van der Waals surface area (Å²) in [5.74, 6) is 0.249. The van der Waals surface area contributed by atoms with E-state index in [-0.39, 0.29) is 5.92 Å². The molecule has 20 heavy (non-hydrogen) atoms. The molecule has 2 nitrogen and oxygen atoms in total. The van der Waals surface area contributed by atoms with E-state index in [1.165, 1.54) is 36.8 Å². The molecular formula is C18H24N2. The van der Waals surface area contributed by atoms with Crippen molar-refractivity contribution in [3.8, 4) is 6.07 Å². The Kier molecular flexibility index (Phi) is 4.38. The number of nitriles is 1. The van der Waals surface area contributed by atoms with Gasteiger partial charge >= 0.3 is 0 Å². The first-order valence-electron chi connectivity index (χ1n) is 8.09. The fourth-order valence-electron chi connectivity index (χ4n) is 3.89. The molecule has 1 aliphatic heterocycles. The highest BCUT2D eigenvalue weighted by atomic mass is 15.2. The van der Waals surface area contributed by atoms with Crippen LogP contribution in [0.3, 0.4) is 0 Å². The Hall–Kier alpha value is -1.33. The molecule has 106 valence electrons. The third-order valence-corrected chi connectivity index (χ3v) is 5.07. The molecule has 2 heteroatoms. The smallest absolute Gasteiger partial charge is 0.0672 e. The maximum Gasteiger partial charge on any atom is 0.0672 e. The van der Waals surface area contributed by atoms with E-state index in [4.69, 9.17) is 0 Å². The van der Waals surface area contributed by atoms with Crippen molar-refractivity contribution in [1.82, 2.24) is 4.90 Å². The minimum atomic E-state index is 0.249. The number of hydrogen-bond donors (Lipinski definition) is 0. The molecular weight excluding hydrogens is 244 g/mol. The number of nitrogens with zero attached hydrogens (tertiary/aromatic N) is 2. The Morgan fingerprint density at radius 2 is 1.60 bits per heavy atom. The Bertz CT molecular complexity index is 461. The van der Waals surface area contributed by atoms with Gasteiger partial charge in [-0.3, -0.25) is 4.90 Å². The van der Waals surface area contributed by atoms with Gasteiger partial charge in [-0.15, -0.1) is 0 Å². The molecule has 1 heterocycles. The predicted octanol–water partition coefficient (Wildman–Crippen LogP) is 3.56. The van der Waals surface area contributed by atoms with Crippen molar-refractivity contribution in [2.45, 2.75) is 51.0 Å². The maximum absolute atomic E-state index is 9.48. The van der Waals surface area contributed by atoms with Gasteiger partial charge < -0.3 is 0 Å². The second kappa shape index (κ2) is 6.41. The molecule has 0 bridgehead atoms. The fraction of sp³-hybridized carbons (Fsp3) is 0.611. The van der Waals surface area contributed by atoms with E-state index < -0.39 is 0 Å². The standard InChI is InChI=1S/C18H24N2/c19-14-17-8-2-1-3-9-18(17)20-12-10-15-6-4-5-7-16(15)11-13-20/h4-7,17-18H,1-3,8-13H2. The molecule has 0 N–H and O–H groups in total. The molecule has 0 radical (unpaired) electrons. The second-order valence-corrected chi connectivity index (χ2v) is 6.25. The largest absolute Gasteiger partial charge is 0.298 e. The van der Waals surface area contributed by atoms with Crippen LogP contribution in [-0.2, 0) is 12.8 Å². The number of hydrogen-bond acceptors (Lipinski definition) is 2. The monoisotopic (exact) mass is 268 g/mol. The lowest BCUT2D eigenvalue weighted by Gasteiger charge is -2.32. The summed E-state index contributed by atoms with van der Waals surface area (Å²) in [4.78, 5) is 2.61. The Balaban J connectivity index is 1.73. The summed E-state index contributed by atoms with van der Waals surface area (Å²) in [7, 11) is 0. The second-order valence-electron chi connectivity index (χ2n) is 6.25. The lowest BCUT2D eigenvalue weighted by Crippen LogP contribution is -2.41. The van der Waals surface area contributed by atoms with Gasteiger partial charge in [0, 0.05) is 19.1 Å². The predicted molar refractivity (Wildman–Crippen MR) is 81.4 cm³/mol. The molecule has 0 amide bonds. The van der Waals surface area contributed by atoms with Crippen molar-refractivity contribution < 1.29 is 0 Å². The molecule has 2 aliphatic rings. The van der Waals surface area contributed by atoms with Crippen molar-refractivity contribution >= 4 is 0 Å². The Morgan fingerprint density at radius 3 is 2.25 bits per heavy atom. The van der Waals surface area contributed by atoms with Gasteiger partial charge in [-0.05, 0) is 36.8 Å². The van der Waals surface area contributed by atoms with Crippen LogP contribution in [0.5, 0.6) is 0 Å². The SMILES string of the molecule is N#CC1CCCCCC1N1CCc2ccccc2CC1. The summed E-state index contributed by atoms with van der Waals surface area (Å²) in [6, 6.07) is 11.9. The molecule has 0 saturated heterocycles. The van der Waals surface area contributed by atoms with Gasteiger partial charge in [-0.1, -0.05) is 43.5 Å². The third kappa shape index (κ3) is 2.88. The normalized spacial score (nSPS) is 27.9. The van der Waals surface area contributed by atoms with Gasteiger partial charge in [-0.25, -0.2) is 0 Å². The first-order chi connectivity index (χ1) is 9.88. The van der Waals surface area contributed by atoms with Gasteiger partial charge in [0.2, 0.25) is 0 Å². The summed E-state index contributed by atoms with van der Waals surface area (Å²) in [6.07, 6.45) is 8.45. The highest BCUT2D eigenvalue weighted by Crippen LogP contribution is 2.28. The van der Waals surface area contributed by atoms with Crippen LogP contribution in [0.25, 0.3) is 0 Å². The third-order valence-electron chi connectivity index (χ3n) is 5.07. The maximum atomic E-state index is 9.48. The molecule has 1 aromatic rings. The van der Waals surface area contributed by atoms with Crippen LogP contribution in [0.15, 0.2) is 24.3 Å².